The first-order valence-electron chi connectivity index (χ1n) is 14.0. The van der Waals surface area contributed by atoms with E-state index in [1.807, 2.05) is 57.9 Å². The number of hydrogen-bond donors (Lipinski definition) is 1. The van der Waals surface area contributed by atoms with Gasteiger partial charge in [0.25, 0.3) is 0 Å². The second-order valence-corrected chi connectivity index (χ2v) is 11.0. The first-order valence-corrected chi connectivity index (χ1v) is 14.0. The van der Waals surface area contributed by atoms with Crippen molar-refractivity contribution < 1.29 is 4.79 Å². The molecule has 1 saturated carbocycles. The molecule has 9 nitrogen and oxygen atoms in total. The maximum atomic E-state index is 13.9. The molecule has 4 aromatic rings. The molecular weight excluding hydrogens is 490 g/mol. The minimum atomic E-state index is -0.106. The van der Waals surface area contributed by atoms with Gasteiger partial charge in [0.1, 0.15) is 5.78 Å². The van der Waals surface area contributed by atoms with Gasteiger partial charge in [-0.05, 0) is 61.3 Å². The molecule has 39 heavy (non-hydrogen) atoms. The highest BCUT2D eigenvalue weighted by Gasteiger charge is 2.42. The third-order valence-corrected chi connectivity index (χ3v) is 8.19. The Kier molecular flexibility index (Phi) is 7.86. The number of H-pyrrole nitrogens is 1. The Morgan fingerprint density at radius 3 is 2.56 bits per heavy atom. The molecule has 1 aromatic carbocycles. The van der Waals surface area contributed by atoms with Crippen LogP contribution >= 0.6 is 0 Å². The number of tetrazole rings is 1. The van der Waals surface area contributed by atoms with Crippen LogP contribution < -0.4 is 5.69 Å². The molecule has 0 radical (unpaired) electrons. The molecular formula is C30H37N7O2. The van der Waals surface area contributed by atoms with Crippen molar-refractivity contribution in [3.05, 3.63) is 70.5 Å². The zero-order valence-electron chi connectivity index (χ0n) is 23.2. The van der Waals surface area contributed by atoms with Gasteiger partial charge in [0.05, 0.1) is 18.3 Å². The van der Waals surface area contributed by atoms with E-state index in [0.29, 0.717) is 24.2 Å². The number of unbranched alkanes of at least 4 members (excludes halogenated alkanes) is 1. The molecule has 0 bridgehead atoms. The molecule has 3 heterocycles. The number of nitrogens with one attached hydrogen (secondary N) is 1. The van der Waals surface area contributed by atoms with Crippen LogP contribution in [0, 0.1) is 17.8 Å². The minimum absolute atomic E-state index is 0.0311. The summed E-state index contributed by atoms with van der Waals surface area (Å²) >= 11 is 0. The van der Waals surface area contributed by atoms with Crippen LogP contribution in [0.5, 0.6) is 0 Å². The molecule has 3 atom stereocenters. The quantitative estimate of drug-likeness (QED) is 0.307. The predicted molar refractivity (Wildman–Crippen MR) is 150 cm³/mol. The van der Waals surface area contributed by atoms with E-state index in [-0.39, 0.29) is 23.4 Å². The average Bonchev–Trinajstić information content (AvgIpc) is 3.68. The van der Waals surface area contributed by atoms with Crippen LogP contribution in [-0.2, 0) is 17.8 Å². The highest BCUT2D eigenvalue weighted by molar-refractivity contribution is 5.79. The molecule has 1 aliphatic carbocycles. The molecule has 1 fully saturated rings. The Morgan fingerprint density at radius 1 is 1.13 bits per heavy atom. The Bertz CT molecular complexity index is 1470. The summed E-state index contributed by atoms with van der Waals surface area (Å²) in [6.45, 7) is 8.67. The van der Waals surface area contributed by atoms with E-state index in [2.05, 4.69) is 41.4 Å². The second-order valence-electron chi connectivity index (χ2n) is 11.0. The molecule has 9 heteroatoms. The number of hydrogen-bond acceptors (Lipinski definition) is 6. The molecule has 1 aliphatic rings. The van der Waals surface area contributed by atoms with Crippen molar-refractivity contribution in [1.82, 2.24) is 34.7 Å². The number of aromatic amines is 1. The Hall–Kier alpha value is -3.88. The minimum Gasteiger partial charge on any atom is -0.300 e. The monoisotopic (exact) mass is 527 g/mol. The summed E-state index contributed by atoms with van der Waals surface area (Å²) < 4.78 is 3.77. The van der Waals surface area contributed by atoms with E-state index >= 15 is 0 Å². The fraction of sp³-hybridized carbons (Fsp3) is 0.467. The number of carbonyl (C=O) groups excluding carboxylic acids is 1. The Morgan fingerprint density at radius 2 is 1.92 bits per heavy atom. The zero-order chi connectivity index (χ0) is 27.5. The average molecular weight is 528 g/mol. The van der Waals surface area contributed by atoms with Gasteiger partial charge in [0.2, 0.25) is 5.82 Å². The lowest BCUT2D eigenvalue weighted by Gasteiger charge is -2.27. The van der Waals surface area contributed by atoms with Gasteiger partial charge in [-0.25, -0.2) is 4.79 Å². The van der Waals surface area contributed by atoms with Gasteiger partial charge in [-0.2, -0.15) is 5.21 Å². The SMILES string of the molecule is CCCCc1cn(C2C(C(C)=O)CCC2C(C)C)c(=O)n1Cc1ccc(-c2ccccc2-c2nn[nH]n2)nc1. The van der Waals surface area contributed by atoms with Crippen LogP contribution in [0.4, 0.5) is 0 Å². The normalized spacial score (nSPS) is 19.2. The Balaban J connectivity index is 1.47. The number of Topliss-reactive ketones (excluding diaryl/α,β-unsaturated/α-hetero) is 1. The lowest BCUT2D eigenvalue weighted by atomic mass is 9.87. The van der Waals surface area contributed by atoms with Crippen LogP contribution in [0.15, 0.2) is 53.6 Å². The van der Waals surface area contributed by atoms with Gasteiger partial charge in [0, 0.05) is 35.1 Å². The number of benzene rings is 1. The highest BCUT2D eigenvalue weighted by Crippen LogP contribution is 2.44. The fourth-order valence-electron chi connectivity index (χ4n) is 6.11. The third kappa shape index (κ3) is 5.35. The van der Waals surface area contributed by atoms with Gasteiger partial charge in [-0.1, -0.05) is 57.5 Å². The van der Waals surface area contributed by atoms with Gasteiger partial charge < -0.3 is 0 Å². The van der Waals surface area contributed by atoms with Crippen molar-refractivity contribution in [2.75, 3.05) is 0 Å². The third-order valence-electron chi connectivity index (χ3n) is 8.19. The molecule has 3 unspecified atom stereocenters. The van der Waals surface area contributed by atoms with Crippen LogP contribution in [-0.4, -0.2) is 40.5 Å². The number of nitrogens with zero attached hydrogens (tertiary/aromatic N) is 6. The lowest BCUT2D eigenvalue weighted by molar-refractivity contribution is -0.121. The maximum Gasteiger partial charge on any atom is 0.328 e. The number of aryl methyl sites for hydroxylation is 1. The Labute approximate surface area is 228 Å². The van der Waals surface area contributed by atoms with Crippen LogP contribution in [0.2, 0.25) is 0 Å². The van der Waals surface area contributed by atoms with Crippen molar-refractivity contribution >= 4 is 5.78 Å². The van der Waals surface area contributed by atoms with E-state index < -0.39 is 0 Å². The van der Waals surface area contributed by atoms with Crippen LogP contribution in [0.3, 0.4) is 0 Å². The zero-order valence-corrected chi connectivity index (χ0v) is 23.2. The number of pyridine rings is 1. The summed E-state index contributed by atoms with van der Waals surface area (Å²) in [4.78, 5) is 31.2. The lowest BCUT2D eigenvalue weighted by Crippen LogP contribution is -2.35. The van der Waals surface area contributed by atoms with Gasteiger partial charge in [-0.15, -0.1) is 10.2 Å². The highest BCUT2D eigenvalue weighted by atomic mass is 16.2. The van der Waals surface area contributed by atoms with Crippen molar-refractivity contribution in [3.63, 3.8) is 0 Å². The number of ketones is 1. The summed E-state index contributed by atoms with van der Waals surface area (Å²) in [6.07, 6.45) is 8.56. The smallest absolute Gasteiger partial charge is 0.300 e. The van der Waals surface area contributed by atoms with E-state index in [9.17, 15) is 9.59 Å². The van der Waals surface area contributed by atoms with Crippen molar-refractivity contribution in [2.24, 2.45) is 17.8 Å². The molecule has 3 aromatic heterocycles. The fourth-order valence-corrected chi connectivity index (χ4v) is 6.11. The summed E-state index contributed by atoms with van der Waals surface area (Å²) in [5.41, 5.74) is 4.49. The predicted octanol–water partition coefficient (Wildman–Crippen LogP) is 5.10. The van der Waals surface area contributed by atoms with Crippen molar-refractivity contribution in [1.29, 1.82) is 0 Å². The van der Waals surface area contributed by atoms with E-state index in [4.69, 9.17) is 4.98 Å². The van der Waals surface area contributed by atoms with Gasteiger partial charge >= 0.3 is 5.69 Å². The van der Waals surface area contributed by atoms with E-state index in [0.717, 1.165) is 60.2 Å². The topological polar surface area (TPSA) is 111 Å². The molecule has 1 N–H and O–H groups in total. The standard InChI is InChI=1S/C30H37N7O2/c1-5-6-9-22-18-37(28-23(19(2)3)13-14-24(28)20(4)38)30(39)36(22)17-21-12-15-27(31-16-21)25-10-7-8-11-26(25)29-32-34-35-33-29/h7-8,10-12,15-16,18-19,23-24,28H,5-6,9,13-14,17H2,1-4H3,(H,32,33,34,35). The summed E-state index contributed by atoms with van der Waals surface area (Å²) in [5.74, 6) is 1.30. The molecule has 0 spiro atoms. The molecule has 5 rings (SSSR count). The van der Waals surface area contributed by atoms with Gasteiger partial charge in [-0.3, -0.25) is 18.9 Å². The molecule has 0 aliphatic heterocycles. The number of carbonyl (C=O) groups is 1. The number of imidazole rings is 1. The largest absolute Gasteiger partial charge is 0.328 e. The first-order chi connectivity index (χ1) is 18.9. The van der Waals surface area contributed by atoms with Gasteiger partial charge in [0.15, 0.2) is 0 Å². The number of aromatic nitrogens is 7. The van der Waals surface area contributed by atoms with E-state index in [1.165, 1.54) is 0 Å². The molecule has 204 valence electrons. The van der Waals surface area contributed by atoms with Crippen LogP contribution in [0.1, 0.15) is 70.7 Å². The first kappa shape index (κ1) is 26.7. The maximum absolute atomic E-state index is 13.9. The summed E-state index contributed by atoms with van der Waals surface area (Å²) in [7, 11) is 0. The number of rotatable bonds is 10. The summed E-state index contributed by atoms with van der Waals surface area (Å²) in [6, 6.07) is 11.7. The molecule has 0 amide bonds. The second kappa shape index (κ2) is 11.5. The summed E-state index contributed by atoms with van der Waals surface area (Å²) in [5, 5.41) is 14.4. The van der Waals surface area contributed by atoms with Crippen molar-refractivity contribution in [2.45, 2.75) is 72.4 Å². The van der Waals surface area contributed by atoms with Crippen molar-refractivity contribution in [3.8, 4) is 22.6 Å². The van der Waals surface area contributed by atoms with E-state index in [1.54, 1.807) is 6.92 Å². The van der Waals surface area contributed by atoms with Crippen LogP contribution in [0.25, 0.3) is 22.6 Å². The molecule has 0 saturated heterocycles.